The van der Waals surface area contributed by atoms with E-state index in [1.54, 1.807) is 48.7 Å². The number of rotatable bonds is 7. The van der Waals surface area contributed by atoms with E-state index in [1.807, 2.05) is 0 Å². The van der Waals surface area contributed by atoms with Crippen LogP contribution in [0.15, 0.2) is 68.8 Å². The van der Waals surface area contributed by atoms with Gasteiger partial charge in [0, 0.05) is 11.6 Å². The summed E-state index contributed by atoms with van der Waals surface area (Å²) in [6.45, 7) is 0.330. The molecule has 4 aromatic rings. The maximum atomic E-state index is 13.0. The van der Waals surface area contributed by atoms with Crippen LogP contribution >= 0.6 is 0 Å². The van der Waals surface area contributed by atoms with Gasteiger partial charge in [-0.25, -0.2) is 4.79 Å². The minimum atomic E-state index is -0.546. The Labute approximate surface area is 182 Å². The molecule has 32 heavy (non-hydrogen) atoms. The van der Waals surface area contributed by atoms with E-state index in [-0.39, 0.29) is 19.0 Å². The Morgan fingerprint density at radius 1 is 1.06 bits per heavy atom. The summed E-state index contributed by atoms with van der Waals surface area (Å²) in [6.07, 6.45) is 1.54. The van der Waals surface area contributed by atoms with Crippen LogP contribution < -0.4 is 26.0 Å². The molecule has 9 heteroatoms. The Hall–Kier alpha value is -4.27. The number of nitrogens with one attached hydrogen (secondary N) is 2. The summed E-state index contributed by atoms with van der Waals surface area (Å²) < 4.78 is 16.8. The summed E-state index contributed by atoms with van der Waals surface area (Å²) in [7, 11) is 2.95. The number of hydrogen-bond donors (Lipinski definition) is 2. The maximum absolute atomic E-state index is 13.0. The Morgan fingerprint density at radius 2 is 1.78 bits per heavy atom. The largest absolute Gasteiger partial charge is 0.493 e. The zero-order valence-electron chi connectivity index (χ0n) is 17.5. The van der Waals surface area contributed by atoms with Gasteiger partial charge in [-0.05, 0) is 35.9 Å². The summed E-state index contributed by atoms with van der Waals surface area (Å²) in [5, 5.41) is 3.07. The minimum absolute atomic E-state index is 0.0484. The molecule has 0 aliphatic rings. The normalized spacial score (nSPS) is 10.8. The van der Waals surface area contributed by atoms with Crippen molar-refractivity contribution in [3.8, 4) is 11.5 Å². The molecule has 0 unspecified atom stereocenters. The second kappa shape index (κ2) is 8.84. The number of furan rings is 1. The average molecular weight is 435 g/mol. The van der Waals surface area contributed by atoms with E-state index in [1.165, 1.54) is 20.3 Å². The predicted molar refractivity (Wildman–Crippen MR) is 117 cm³/mol. The van der Waals surface area contributed by atoms with Crippen LogP contribution in [0, 0.1) is 0 Å². The maximum Gasteiger partial charge on any atom is 0.329 e. The molecular weight excluding hydrogens is 414 g/mol. The third-order valence-electron chi connectivity index (χ3n) is 5.05. The first-order valence-corrected chi connectivity index (χ1v) is 9.78. The summed E-state index contributed by atoms with van der Waals surface area (Å²) in [4.78, 5) is 40.5. The van der Waals surface area contributed by atoms with Crippen molar-refractivity contribution >= 4 is 16.8 Å². The van der Waals surface area contributed by atoms with Gasteiger partial charge in [0.2, 0.25) is 0 Å². The van der Waals surface area contributed by atoms with Gasteiger partial charge in [-0.1, -0.05) is 12.1 Å². The molecule has 2 heterocycles. The smallest absolute Gasteiger partial charge is 0.329 e. The van der Waals surface area contributed by atoms with Crippen LogP contribution in [0.5, 0.6) is 11.5 Å². The first kappa shape index (κ1) is 21.0. The lowest BCUT2D eigenvalue weighted by Gasteiger charge is -2.11. The molecular formula is C23H21N3O6. The molecule has 9 nitrogen and oxygen atoms in total. The fourth-order valence-electron chi connectivity index (χ4n) is 3.35. The molecule has 4 rings (SSSR count). The molecule has 0 fully saturated rings. The van der Waals surface area contributed by atoms with Gasteiger partial charge < -0.3 is 24.2 Å². The van der Waals surface area contributed by atoms with Crippen LogP contribution in [0.3, 0.4) is 0 Å². The first-order chi connectivity index (χ1) is 15.5. The third-order valence-corrected chi connectivity index (χ3v) is 5.05. The zero-order valence-corrected chi connectivity index (χ0v) is 17.5. The Balaban J connectivity index is 1.57. The van der Waals surface area contributed by atoms with Crippen LogP contribution in [0.1, 0.15) is 21.7 Å². The third kappa shape index (κ3) is 4.13. The van der Waals surface area contributed by atoms with Gasteiger partial charge >= 0.3 is 5.69 Å². The summed E-state index contributed by atoms with van der Waals surface area (Å²) in [5.41, 5.74) is 0.509. The molecule has 0 radical (unpaired) electrons. The highest BCUT2D eigenvalue weighted by Gasteiger charge is 2.13. The first-order valence-electron chi connectivity index (χ1n) is 9.78. The fraction of sp³-hybridized carbons (Fsp3) is 0.174. The number of methoxy groups -OCH3 is 2. The number of nitrogens with zero attached hydrogens (tertiary/aromatic N) is 1. The second-order valence-electron chi connectivity index (χ2n) is 7.03. The van der Waals surface area contributed by atoms with Crippen LogP contribution in [-0.4, -0.2) is 29.7 Å². The molecule has 1 amide bonds. The summed E-state index contributed by atoms with van der Waals surface area (Å²) in [6, 6.07) is 13.3. The lowest BCUT2D eigenvalue weighted by atomic mass is 10.1. The molecule has 164 valence electrons. The monoisotopic (exact) mass is 435 g/mol. The van der Waals surface area contributed by atoms with E-state index < -0.39 is 11.2 Å². The van der Waals surface area contributed by atoms with E-state index in [0.717, 1.165) is 4.57 Å². The highest BCUT2D eigenvalue weighted by molar-refractivity contribution is 5.94. The average Bonchev–Trinajstić information content (AvgIpc) is 3.33. The van der Waals surface area contributed by atoms with Gasteiger partial charge in [0.1, 0.15) is 5.76 Å². The van der Waals surface area contributed by atoms with Gasteiger partial charge in [-0.15, -0.1) is 0 Å². The van der Waals surface area contributed by atoms with Crippen molar-refractivity contribution in [1.82, 2.24) is 14.9 Å². The van der Waals surface area contributed by atoms with Gasteiger partial charge in [0.15, 0.2) is 11.5 Å². The second-order valence-corrected chi connectivity index (χ2v) is 7.03. The quantitative estimate of drug-likeness (QED) is 0.460. The fourth-order valence-corrected chi connectivity index (χ4v) is 3.35. The van der Waals surface area contributed by atoms with E-state index in [0.29, 0.717) is 39.3 Å². The summed E-state index contributed by atoms with van der Waals surface area (Å²) >= 11 is 0. The molecule has 0 bridgehead atoms. The number of hydrogen-bond acceptors (Lipinski definition) is 6. The number of amides is 1. The van der Waals surface area contributed by atoms with Crippen LogP contribution in [0.2, 0.25) is 0 Å². The van der Waals surface area contributed by atoms with E-state index in [9.17, 15) is 14.4 Å². The zero-order chi connectivity index (χ0) is 22.7. The van der Waals surface area contributed by atoms with Crippen molar-refractivity contribution < 1.29 is 18.7 Å². The predicted octanol–water partition coefficient (Wildman–Crippen LogP) is 2.28. The molecule has 0 aliphatic carbocycles. The van der Waals surface area contributed by atoms with Crippen LogP contribution in [0.25, 0.3) is 10.9 Å². The molecule has 0 aliphatic heterocycles. The molecule has 0 saturated carbocycles. The van der Waals surface area contributed by atoms with Crippen molar-refractivity contribution in [3.63, 3.8) is 0 Å². The van der Waals surface area contributed by atoms with Crippen molar-refractivity contribution in [3.05, 3.63) is 92.5 Å². The minimum Gasteiger partial charge on any atom is -0.493 e. The van der Waals surface area contributed by atoms with E-state index in [4.69, 9.17) is 13.9 Å². The number of aromatic amines is 1. The molecule has 2 aromatic heterocycles. The number of ether oxygens (including phenoxy) is 2. The topological polar surface area (TPSA) is 116 Å². The number of benzene rings is 2. The van der Waals surface area contributed by atoms with Crippen LogP contribution in [0.4, 0.5) is 0 Å². The summed E-state index contributed by atoms with van der Waals surface area (Å²) in [5.74, 6) is 1.20. The number of H-pyrrole nitrogens is 1. The molecule has 0 spiro atoms. The van der Waals surface area contributed by atoms with Crippen LogP contribution in [-0.2, 0) is 13.1 Å². The van der Waals surface area contributed by atoms with Crippen molar-refractivity contribution in [1.29, 1.82) is 0 Å². The Kier molecular flexibility index (Phi) is 5.80. The number of carbonyl (C=O) groups is 1. The molecule has 0 saturated heterocycles. The lowest BCUT2D eigenvalue weighted by molar-refractivity contribution is 0.0948. The highest BCUT2D eigenvalue weighted by Crippen LogP contribution is 2.29. The van der Waals surface area contributed by atoms with Gasteiger partial charge in [0.05, 0.1) is 44.5 Å². The van der Waals surface area contributed by atoms with E-state index >= 15 is 0 Å². The van der Waals surface area contributed by atoms with Crippen molar-refractivity contribution in [2.75, 3.05) is 14.2 Å². The molecule has 2 aromatic carbocycles. The van der Waals surface area contributed by atoms with Gasteiger partial charge in [0.25, 0.3) is 11.5 Å². The lowest BCUT2D eigenvalue weighted by Crippen LogP contribution is -2.35. The molecule has 0 atom stereocenters. The number of aromatic nitrogens is 2. The standard InChI is InChI=1S/C23H21N3O6/c1-30-19-10-17-18(11-20(19)31-2)25-23(29)26(22(17)28)13-14-5-7-15(8-6-14)21(27)24-12-16-4-3-9-32-16/h3-11H,12-13H2,1-2H3,(H,24,27)(H,25,29). The van der Waals surface area contributed by atoms with Gasteiger partial charge in [-0.2, -0.15) is 0 Å². The van der Waals surface area contributed by atoms with Crippen molar-refractivity contribution in [2.24, 2.45) is 0 Å². The SMILES string of the molecule is COc1cc2[nH]c(=O)n(Cc3ccc(C(=O)NCc4ccco4)cc3)c(=O)c2cc1OC. The Bertz CT molecular complexity index is 1370. The van der Waals surface area contributed by atoms with Gasteiger partial charge in [-0.3, -0.25) is 14.2 Å². The Morgan fingerprint density at radius 3 is 2.44 bits per heavy atom. The highest BCUT2D eigenvalue weighted by atomic mass is 16.5. The van der Waals surface area contributed by atoms with E-state index in [2.05, 4.69) is 10.3 Å². The molecule has 2 N–H and O–H groups in total. The number of fused-ring (bicyclic) bond motifs is 1. The van der Waals surface area contributed by atoms with Crippen molar-refractivity contribution in [2.45, 2.75) is 13.1 Å². The number of carbonyl (C=O) groups excluding carboxylic acids is 1.